The number of hydrogen-bond donors (Lipinski definition) is 2. The number of benzene rings is 5. The van der Waals surface area contributed by atoms with Gasteiger partial charge < -0.3 is 49.2 Å². The minimum atomic E-state index is -0.785. The van der Waals surface area contributed by atoms with E-state index in [0.717, 1.165) is 35.3 Å². The predicted molar refractivity (Wildman–Crippen MR) is 297 cm³/mol. The van der Waals surface area contributed by atoms with Crippen LogP contribution < -0.4 is 49.2 Å². The molecule has 4 amide bonds. The Balaban J connectivity index is 0.959. The minimum absolute atomic E-state index is 0.0280. The van der Waals surface area contributed by atoms with E-state index in [2.05, 4.69) is 32.6 Å². The Bertz CT molecular complexity index is 2940. The molecule has 77 heavy (non-hydrogen) atoms. The van der Waals surface area contributed by atoms with Crippen molar-refractivity contribution in [2.45, 2.75) is 110 Å². The molecule has 404 valence electrons. The van der Waals surface area contributed by atoms with Crippen LogP contribution in [0.4, 0.5) is 28.4 Å². The van der Waals surface area contributed by atoms with E-state index in [-0.39, 0.29) is 73.3 Å². The highest BCUT2D eigenvalue weighted by atomic mass is 16.5. The highest BCUT2D eigenvalue weighted by Crippen LogP contribution is 2.44. The van der Waals surface area contributed by atoms with Gasteiger partial charge in [-0.1, -0.05) is 64.1 Å². The monoisotopic (exact) mass is 1050 g/mol. The first-order valence-electron chi connectivity index (χ1n) is 26.8. The molecular formula is C61H70N6O10. The number of rotatable bonds is 21. The molecule has 0 aromatic heterocycles. The van der Waals surface area contributed by atoms with E-state index in [4.69, 9.17) is 18.9 Å². The summed E-state index contributed by atoms with van der Waals surface area (Å²) in [5.41, 5.74) is 8.31. The lowest BCUT2D eigenvalue weighted by atomic mass is 9.92. The van der Waals surface area contributed by atoms with E-state index in [1.54, 1.807) is 31.2 Å². The standard InChI is InChI=1S/C61H70N6O10/c1-9-45(68)18-12-15-21-57(70)63-58(36(2)3)52(69)22-37(4)59(71)62-42-24-38(34-76-55-30-50-46(28-53(55)74-7)60(72)66-43(32-64(50)5)26-40-16-10-13-19-48(40)66)23-39(25-42)35-77-56-31-51-47(29-54(56)75-8)61(73)67-44(33-65(51)6)27-41-17-11-14-20-49(41)67/h10-11,13-14,16-17,19-20,23-25,28-31,36-37,43-44,58H,9,12,15,18,21-22,26-27,32-35H2,1-8H3,(H,62,71)(H,63,70)/t37-,43+,44+,58+/m1/s1. The van der Waals surface area contributed by atoms with Gasteiger partial charge in [-0.25, -0.2) is 0 Å². The molecule has 0 aliphatic carbocycles. The normalized spacial score (nSPS) is 16.9. The number of likely N-dealkylation sites (N-methyl/N-ethyl adjacent to an activating group) is 2. The molecule has 0 radical (unpaired) electrons. The molecule has 0 saturated heterocycles. The third-order valence-corrected chi connectivity index (χ3v) is 15.3. The van der Waals surface area contributed by atoms with Crippen molar-refractivity contribution in [1.82, 2.24) is 5.32 Å². The second-order valence-corrected chi connectivity index (χ2v) is 21.2. The van der Waals surface area contributed by atoms with Gasteiger partial charge in [-0.3, -0.25) is 28.8 Å². The molecule has 0 fully saturated rings. The van der Waals surface area contributed by atoms with Gasteiger partial charge in [0.15, 0.2) is 28.8 Å². The van der Waals surface area contributed by atoms with Crippen LogP contribution in [-0.2, 0) is 45.2 Å². The first kappa shape index (κ1) is 53.9. The molecule has 0 spiro atoms. The van der Waals surface area contributed by atoms with Crippen LogP contribution in [0.3, 0.4) is 0 Å². The molecule has 0 unspecified atom stereocenters. The molecule has 16 nitrogen and oxygen atoms in total. The quantitative estimate of drug-likeness (QED) is 0.0668. The summed E-state index contributed by atoms with van der Waals surface area (Å²) in [4.78, 5) is 89.0. The Morgan fingerprint density at radius 1 is 0.636 bits per heavy atom. The SMILES string of the molecule is CCC(=O)CCCCC(=O)N[C@H](C(=O)C[C@@H](C)C(=O)Nc1cc(COc2cc3c(cc2OC)C(=O)N2c4ccccc4C[C@H]2CN3C)cc(COc2cc3c(cc2OC)C(=O)N2c4ccccc4C[C@H]2CN3C)c1)C(C)C. The van der Waals surface area contributed by atoms with E-state index in [1.807, 2.05) is 99.3 Å². The minimum Gasteiger partial charge on any atom is -0.493 e. The number of nitrogens with one attached hydrogen (secondary N) is 2. The lowest BCUT2D eigenvalue weighted by Gasteiger charge is -2.25. The number of fused-ring (bicyclic) bond motifs is 8. The van der Waals surface area contributed by atoms with Gasteiger partial charge in [0.1, 0.15) is 19.0 Å². The number of Topliss-reactive ketones (excluding diaryl/α,β-unsaturated/α-hetero) is 2. The molecular weight excluding hydrogens is 977 g/mol. The van der Waals surface area contributed by atoms with Crippen molar-refractivity contribution < 1.29 is 47.7 Å². The maximum absolute atomic E-state index is 14.3. The molecule has 9 rings (SSSR count). The summed E-state index contributed by atoms with van der Waals surface area (Å²) in [6, 6.07) is 27.8. The number of ether oxygens (including phenoxy) is 4. The Morgan fingerprint density at radius 2 is 1.13 bits per heavy atom. The molecule has 4 heterocycles. The van der Waals surface area contributed by atoms with Crippen molar-refractivity contribution in [2.24, 2.45) is 11.8 Å². The molecule has 0 bridgehead atoms. The molecule has 5 aromatic carbocycles. The van der Waals surface area contributed by atoms with E-state index < -0.39 is 17.9 Å². The van der Waals surface area contributed by atoms with E-state index >= 15 is 0 Å². The van der Waals surface area contributed by atoms with Crippen molar-refractivity contribution in [1.29, 1.82) is 0 Å². The Kier molecular flexibility index (Phi) is 16.2. The Hall–Kier alpha value is -7.88. The largest absolute Gasteiger partial charge is 0.493 e. The zero-order valence-corrected chi connectivity index (χ0v) is 45.4. The van der Waals surface area contributed by atoms with Gasteiger partial charge >= 0.3 is 0 Å². The summed E-state index contributed by atoms with van der Waals surface area (Å²) in [6.45, 7) is 8.48. The maximum Gasteiger partial charge on any atom is 0.260 e. The van der Waals surface area contributed by atoms with Crippen molar-refractivity contribution in [2.75, 3.05) is 66.3 Å². The summed E-state index contributed by atoms with van der Waals surface area (Å²) in [7, 11) is 7.02. The lowest BCUT2D eigenvalue weighted by molar-refractivity contribution is -0.131. The van der Waals surface area contributed by atoms with Crippen LogP contribution in [0, 0.1) is 11.8 Å². The first-order chi connectivity index (χ1) is 37.0. The number of amides is 4. The summed E-state index contributed by atoms with van der Waals surface area (Å²) < 4.78 is 24.8. The second kappa shape index (κ2) is 23.2. The van der Waals surface area contributed by atoms with Gasteiger partial charge in [0.25, 0.3) is 11.8 Å². The van der Waals surface area contributed by atoms with Crippen LogP contribution in [-0.4, -0.2) is 94.7 Å². The second-order valence-electron chi connectivity index (χ2n) is 21.2. The third kappa shape index (κ3) is 11.5. The molecule has 0 saturated carbocycles. The zero-order chi connectivity index (χ0) is 54.7. The van der Waals surface area contributed by atoms with Gasteiger partial charge in [0.2, 0.25) is 11.8 Å². The maximum atomic E-state index is 14.3. The van der Waals surface area contributed by atoms with Crippen molar-refractivity contribution in [3.63, 3.8) is 0 Å². The van der Waals surface area contributed by atoms with Gasteiger partial charge in [0, 0.05) is 88.0 Å². The highest BCUT2D eigenvalue weighted by Gasteiger charge is 2.41. The fraction of sp³-hybridized carbons (Fsp3) is 0.410. The average molecular weight is 1050 g/mol. The zero-order valence-electron chi connectivity index (χ0n) is 45.4. The van der Waals surface area contributed by atoms with Gasteiger partial charge in [-0.05, 0) is 96.3 Å². The number of ketones is 2. The van der Waals surface area contributed by atoms with E-state index in [1.165, 1.54) is 14.2 Å². The van der Waals surface area contributed by atoms with Crippen LogP contribution in [0.2, 0.25) is 0 Å². The number of unbranched alkanes of at least 4 members (excludes halogenated alkanes) is 1. The lowest BCUT2D eigenvalue weighted by Crippen LogP contribution is -2.45. The van der Waals surface area contributed by atoms with E-state index in [9.17, 15) is 28.8 Å². The fourth-order valence-corrected chi connectivity index (χ4v) is 11.2. The summed E-state index contributed by atoms with van der Waals surface area (Å²) >= 11 is 0. The molecule has 4 atom stereocenters. The van der Waals surface area contributed by atoms with Crippen LogP contribution >= 0.6 is 0 Å². The summed E-state index contributed by atoms with van der Waals surface area (Å²) in [6.07, 6.45) is 3.62. The van der Waals surface area contributed by atoms with Crippen molar-refractivity contribution in [3.05, 3.63) is 124 Å². The number of hydrogen-bond acceptors (Lipinski definition) is 12. The number of nitrogens with zero attached hydrogens (tertiary/aromatic N) is 4. The van der Waals surface area contributed by atoms with Crippen LogP contribution in [0.15, 0.2) is 91.0 Å². The van der Waals surface area contributed by atoms with Crippen molar-refractivity contribution >= 4 is 63.6 Å². The van der Waals surface area contributed by atoms with Gasteiger partial charge in [-0.2, -0.15) is 0 Å². The first-order valence-corrected chi connectivity index (χ1v) is 26.8. The van der Waals surface area contributed by atoms with Crippen molar-refractivity contribution in [3.8, 4) is 23.0 Å². The molecule has 16 heteroatoms. The molecule has 5 aromatic rings. The number of para-hydroxylation sites is 2. The van der Waals surface area contributed by atoms with Crippen LogP contribution in [0.5, 0.6) is 23.0 Å². The predicted octanol–water partition coefficient (Wildman–Crippen LogP) is 9.12. The van der Waals surface area contributed by atoms with Crippen LogP contribution in [0.1, 0.15) is 109 Å². The third-order valence-electron chi connectivity index (χ3n) is 15.3. The fourth-order valence-electron chi connectivity index (χ4n) is 11.2. The Labute approximate surface area is 451 Å². The van der Waals surface area contributed by atoms with Crippen LogP contribution in [0.25, 0.3) is 0 Å². The number of carbonyl (C=O) groups is 6. The number of methoxy groups -OCH3 is 2. The summed E-state index contributed by atoms with van der Waals surface area (Å²) in [5, 5.41) is 5.91. The smallest absolute Gasteiger partial charge is 0.260 e. The average Bonchev–Trinajstić information content (AvgIpc) is 3.94. The summed E-state index contributed by atoms with van der Waals surface area (Å²) in [5.74, 6) is -0.368. The molecule has 4 aliphatic heterocycles. The number of anilines is 5. The van der Waals surface area contributed by atoms with Gasteiger partial charge in [0.05, 0.1) is 54.8 Å². The van der Waals surface area contributed by atoms with Gasteiger partial charge in [-0.15, -0.1) is 0 Å². The highest BCUT2D eigenvalue weighted by molar-refractivity contribution is 6.13. The Morgan fingerprint density at radius 3 is 1.61 bits per heavy atom. The molecule has 4 aliphatic rings. The topological polar surface area (TPSA) is 176 Å². The number of carbonyl (C=O) groups excluding carboxylic acids is 6. The van der Waals surface area contributed by atoms with E-state index in [0.29, 0.717) is 101 Å². The molecule has 2 N–H and O–H groups in total.